The predicted molar refractivity (Wildman–Crippen MR) is 57.6 cm³/mol. The minimum Gasteiger partial charge on any atom is -0.399 e. The van der Waals surface area contributed by atoms with Gasteiger partial charge in [0.15, 0.2) is 0 Å². The summed E-state index contributed by atoms with van der Waals surface area (Å²) in [6, 6.07) is 7.09. The van der Waals surface area contributed by atoms with Crippen LogP contribution >= 0.6 is 0 Å². The van der Waals surface area contributed by atoms with Gasteiger partial charge in [0.2, 0.25) is 5.89 Å². The summed E-state index contributed by atoms with van der Waals surface area (Å²) in [5, 5.41) is 2.88. The highest BCUT2D eigenvalue weighted by atomic mass is 19.4. The zero-order chi connectivity index (χ0) is 13.2. The monoisotopic (exact) mass is 257 g/mol. The second-order valence-electron chi connectivity index (χ2n) is 3.75. The van der Waals surface area contributed by atoms with Gasteiger partial charge in [0.1, 0.15) is 0 Å². The van der Waals surface area contributed by atoms with E-state index in [0.717, 1.165) is 5.56 Å². The third kappa shape index (κ3) is 2.99. The number of hydrogen-bond acceptors (Lipinski definition) is 4. The largest absolute Gasteiger partial charge is 0.455 e. The van der Waals surface area contributed by atoms with Crippen molar-refractivity contribution in [1.29, 1.82) is 0 Å². The lowest BCUT2D eigenvalue weighted by atomic mass is 10.1. The number of alkyl halides is 3. The summed E-state index contributed by atoms with van der Waals surface area (Å²) in [5.41, 5.74) is 7.10. The minimum absolute atomic E-state index is 0.0373. The maximum atomic E-state index is 12.2. The quantitative estimate of drug-likeness (QED) is 0.858. The van der Waals surface area contributed by atoms with E-state index in [4.69, 9.17) is 5.73 Å². The van der Waals surface area contributed by atoms with Gasteiger partial charge in [-0.15, -0.1) is 0 Å². The highest BCUT2D eigenvalue weighted by molar-refractivity contribution is 5.40. The second kappa shape index (κ2) is 4.67. The molecule has 0 aliphatic heterocycles. The molecule has 0 aliphatic carbocycles. The zero-order valence-electron chi connectivity index (χ0n) is 9.24. The van der Waals surface area contributed by atoms with Crippen molar-refractivity contribution >= 4 is 5.69 Å². The number of benzene rings is 1. The number of anilines is 1. The molecule has 2 N–H and O–H groups in total. The smallest absolute Gasteiger partial charge is 0.399 e. The summed E-state index contributed by atoms with van der Waals surface area (Å²) in [6.45, 7) is 0. The fraction of sp³-hybridized carbons (Fsp3) is 0.273. The third-order valence-electron chi connectivity index (χ3n) is 2.30. The van der Waals surface area contributed by atoms with E-state index < -0.39 is 12.0 Å². The van der Waals surface area contributed by atoms with Crippen LogP contribution in [0.3, 0.4) is 0 Å². The van der Waals surface area contributed by atoms with Crippen LogP contribution < -0.4 is 5.73 Å². The van der Waals surface area contributed by atoms with Crippen molar-refractivity contribution < 1.29 is 17.7 Å². The molecule has 1 aromatic heterocycles. The topological polar surface area (TPSA) is 64.9 Å². The Kier molecular flexibility index (Phi) is 3.22. The SMILES string of the molecule is Nc1cccc(CCc2nc(C(F)(F)F)no2)c1. The molecule has 7 heteroatoms. The van der Waals surface area contributed by atoms with Crippen LogP contribution in [0.2, 0.25) is 0 Å². The molecule has 0 atom stereocenters. The van der Waals surface area contributed by atoms with Crippen LogP contribution in [-0.4, -0.2) is 10.1 Å². The number of hydrogen-bond donors (Lipinski definition) is 1. The van der Waals surface area contributed by atoms with Crippen molar-refractivity contribution in [3.05, 3.63) is 41.5 Å². The van der Waals surface area contributed by atoms with Crippen molar-refractivity contribution in [3.8, 4) is 0 Å². The van der Waals surface area contributed by atoms with Crippen molar-refractivity contribution in [2.24, 2.45) is 0 Å². The Morgan fingerprint density at radius 2 is 2.00 bits per heavy atom. The Bertz CT molecular complexity index is 536. The zero-order valence-corrected chi connectivity index (χ0v) is 9.24. The van der Waals surface area contributed by atoms with Gasteiger partial charge >= 0.3 is 6.18 Å². The number of nitrogens with two attached hydrogens (primary N) is 1. The Hall–Kier alpha value is -2.05. The average Bonchev–Trinajstić information content (AvgIpc) is 2.74. The first-order valence-corrected chi connectivity index (χ1v) is 5.19. The number of rotatable bonds is 3. The lowest BCUT2D eigenvalue weighted by molar-refractivity contribution is -0.146. The summed E-state index contributed by atoms with van der Waals surface area (Å²) < 4.78 is 41.2. The average molecular weight is 257 g/mol. The molecule has 0 spiro atoms. The third-order valence-corrected chi connectivity index (χ3v) is 2.30. The Labute approximate surface area is 101 Å². The van der Waals surface area contributed by atoms with Crippen LogP contribution in [0, 0.1) is 0 Å². The van der Waals surface area contributed by atoms with Crippen LogP contribution in [0.25, 0.3) is 0 Å². The van der Waals surface area contributed by atoms with Crippen molar-refractivity contribution in [2.45, 2.75) is 19.0 Å². The molecule has 1 aromatic carbocycles. The first-order chi connectivity index (χ1) is 8.45. The molecule has 0 bridgehead atoms. The maximum Gasteiger partial charge on any atom is 0.455 e. The lowest BCUT2D eigenvalue weighted by Gasteiger charge is -1.99. The number of aryl methyl sites for hydroxylation is 2. The first-order valence-electron chi connectivity index (χ1n) is 5.19. The molecule has 0 amide bonds. The normalized spacial score (nSPS) is 11.7. The van der Waals surface area contributed by atoms with E-state index in [1.165, 1.54) is 0 Å². The Morgan fingerprint density at radius 1 is 1.22 bits per heavy atom. The molecular weight excluding hydrogens is 247 g/mol. The van der Waals surface area contributed by atoms with E-state index >= 15 is 0 Å². The Balaban J connectivity index is 2.01. The van der Waals surface area contributed by atoms with Gasteiger partial charge in [-0.05, 0) is 24.1 Å². The van der Waals surface area contributed by atoms with Gasteiger partial charge in [-0.3, -0.25) is 0 Å². The summed E-state index contributed by atoms with van der Waals surface area (Å²) >= 11 is 0. The van der Waals surface area contributed by atoms with E-state index in [1.807, 2.05) is 6.07 Å². The molecular formula is C11H10F3N3O. The first kappa shape index (κ1) is 12.4. The van der Waals surface area contributed by atoms with Crippen LogP contribution in [0.4, 0.5) is 18.9 Å². The molecule has 4 nitrogen and oxygen atoms in total. The van der Waals surface area contributed by atoms with E-state index in [1.54, 1.807) is 18.2 Å². The Morgan fingerprint density at radius 3 is 2.61 bits per heavy atom. The van der Waals surface area contributed by atoms with E-state index in [2.05, 4.69) is 14.7 Å². The predicted octanol–water partition coefficient (Wildman–Crippen LogP) is 2.46. The van der Waals surface area contributed by atoms with E-state index in [9.17, 15) is 13.2 Å². The van der Waals surface area contributed by atoms with Crippen LogP contribution in [0.15, 0.2) is 28.8 Å². The van der Waals surface area contributed by atoms with E-state index in [0.29, 0.717) is 12.1 Å². The molecule has 0 unspecified atom stereocenters. The number of aromatic nitrogens is 2. The van der Waals surface area contributed by atoms with Gasteiger partial charge in [-0.25, -0.2) is 0 Å². The van der Waals surface area contributed by atoms with Gasteiger partial charge in [-0.2, -0.15) is 18.2 Å². The number of nitrogens with zero attached hydrogens (tertiary/aromatic N) is 2. The molecule has 0 saturated heterocycles. The van der Waals surface area contributed by atoms with Crippen LogP contribution in [0.5, 0.6) is 0 Å². The van der Waals surface area contributed by atoms with Gasteiger partial charge in [0, 0.05) is 12.1 Å². The molecule has 1 heterocycles. The maximum absolute atomic E-state index is 12.2. The van der Waals surface area contributed by atoms with Gasteiger partial charge in [0.25, 0.3) is 5.82 Å². The standard InChI is InChI=1S/C11H10F3N3O/c12-11(13,14)10-16-9(18-17-10)5-4-7-2-1-3-8(15)6-7/h1-3,6H,4-5,15H2. The summed E-state index contributed by atoms with van der Waals surface area (Å²) in [6.07, 6.45) is -3.84. The fourth-order valence-electron chi connectivity index (χ4n) is 1.47. The van der Waals surface area contributed by atoms with Gasteiger partial charge in [-0.1, -0.05) is 17.3 Å². The van der Waals surface area contributed by atoms with Crippen LogP contribution in [-0.2, 0) is 19.0 Å². The number of nitrogen functional groups attached to an aromatic ring is 1. The summed E-state index contributed by atoms with van der Waals surface area (Å²) in [7, 11) is 0. The molecule has 0 aliphatic rings. The lowest BCUT2D eigenvalue weighted by Crippen LogP contribution is -2.07. The molecule has 96 valence electrons. The van der Waals surface area contributed by atoms with Gasteiger partial charge < -0.3 is 10.3 Å². The fourth-order valence-corrected chi connectivity index (χ4v) is 1.47. The highest BCUT2D eigenvalue weighted by Crippen LogP contribution is 2.26. The van der Waals surface area contributed by atoms with Crippen LogP contribution in [0.1, 0.15) is 17.3 Å². The molecule has 0 radical (unpaired) electrons. The summed E-state index contributed by atoms with van der Waals surface area (Å²) in [4.78, 5) is 3.28. The molecule has 2 aromatic rings. The van der Waals surface area contributed by atoms with Crippen molar-refractivity contribution in [2.75, 3.05) is 5.73 Å². The van der Waals surface area contributed by atoms with Gasteiger partial charge in [0.05, 0.1) is 0 Å². The second-order valence-corrected chi connectivity index (χ2v) is 3.75. The van der Waals surface area contributed by atoms with Crippen molar-refractivity contribution in [3.63, 3.8) is 0 Å². The molecule has 2 rings (SSSR count). The minimum atomic E-state index is -4.57. The number of halogens is 3. The summed E-state index contributed by atoms with van der Waals surface area (Å²) in [5.74, 6) is -1.28. The van der Waals surface area contributed by atoms with E-state index in [-0.39, 0.29) is 12.3 Å². The molecule has 0 saturated carbocycles. The van der Waals surface area contributed by atoms with Crippen molar-refractivity contribution in [1.82, 2.24) is 10.1 Å². The molecule has 0 fully saturated rings. The molecule has 18 heavy (non-hydrogen) atoms. The highest BCUT2D eigenvalue weighted by Gasteiger charge is 2.37.